The number of nitrogens with zero attached hydrogens (tertiary/aromatic N) is 5. The Kier molecular flexibility index (Phi) is 6.14. The molecular weight excluding hydrogens is 494 g/mol. The van der Waals surface area contributed by atoms with Crippen molar-refractivity contribution >= 4 is 44.4 Å². The molecule has 11 nitrogen and oxygen atoms in total. The van der Waals surface area contributed by atoms with Gasteiger partial charge in [-0.3, -0.25) is 9.59 Å². The number of anilines is 2. The van der Waals surface area contributed by atoms with E-state index in [0.717, 1.165) is 10.9 Å². The van der Waals surface area contributed by atoms with Gasteiger partial charge in [-0.05, 0) is 55.5 Å². The average molecular weight is 520 g/mol. The second-order valence-electron chi connectivity index (χ2n) is 8.63. The lowest BCUT2D eigenvalue weighted by molar-refractivity contribution is -0.139. The van der Waals surface area contributed by atoms with Gasteiger partial charge in [-0.1, -0.05) is 0 Å². The van der Waals surface area contributed by atoms with Gasteiger partial charge in [0.2, 0.25) is 17.8 Å². The molecule has 2 amide bonds. The Morgan fingerprint density at radius 3 is 2.65 bits per heavy atom. The number of H-pyrrole nitrogens is 1. The second kappa shape index (κ2) is 9.44. The maximum absolute atomic E-state index is 13.2. The topological polar surface area (TPSA) is 144 Å². The third kappa shape index (κ3) is 4.64. The molecule has 1 atom stereocenters. The summed E-state index contributed by atoms with van der Waals surface area (Å²) >= 11 is 0. The molecule has 1 fully saturated rings. The third-order valence-corrected chi connectivity index (χ3v) is 7.70. The van der Waals surface area contributed by atoms with Crippen LogP contribution in [-0.4, -0.2) is 59.3 Å². The predicted octanol–water partition coefficient (Wildman–Crippen LogP) is 2.72. The van der Waals surface area contributed by atoms with Gasteiger partial charge >= 0.3 is 0 Å². The van der Waals surface area contributed by atoms with Crippen LogP contribution in [0.3, 0.4) is 0 Å². The lowest BCUT2D eigenvalue weighted by Gasteiger charge is -2.35. The number of hydrogen-bond acceptors (Lipinski definition) is 6. The highest BCUT2D eigenvalue weighted by Gasteiger charge is 2.31. The Hall–Kier alpha value is -4.63. The van der Waals surface area contributed by atoms with Crippen molar-refractivity contribution in [3.8, 4) is 6.07 Å². The number of fused-ring (bicyclic) bond motifs is 1. The SMILES string of the molecule is CC(C(=O)N1CCN(c2ccc(S(=O)(=O)Nc3ncc[nH]3)cc2)C(=O)C1)n1ccc2cc(C#N)ccc21.[HH]. The summed E-state index contributed by atoms with van der Waals surface area (Å²) < 4.78 is 29.2. The van der Waals surface area contributed by atoms with Crippen LogP contribution in [0.25, 0.3) is 10.9 Å². The minimum Gasteiger partial charge on any atom is -0.335 e. The van der Waals surface area contributed by atoms with E-state index < -0.39 is 16.1 Å². The van der Waals surface area contributed by atoms with Crippen LogP contribution in [0.4, 0.5) is 11.6 Å². The summed E-state index contributed by atoms with van der Waals surface area (Å²) in [6, 6.07) is 14.7. The van der Waals surface area contributed by atoms with Gasteiger partial charge in [0.15, 0.2) is 0 Å². The molecule has 1 aliphatic heterocycles. The molecule has 1 unspecified atom stereocenters. The van der Waals surface area contributed by atoms with E-state index in [1.807, 2.05) is 22.9 Å². The molecule has 0 radical (unpaired) electrons. The molecule has 0 bridgehead atoms. The molecule has 4 aromatic rings. The van der Waals surface area contributed by atoms with Crippen molar-refractivity contribution in [1.29, 1.82) is 5.26 Å². The fourth-order valence-corrected chi connectivity index (χ4v) is 5.38. The fourth-order valence-electron chi connectivity index (χ4n) is 4.40. The van der Waals surface area contributed by atoms with Gasteiger partial charge in [-0.2, -0.15) is 5.26 Å². The molecule has 5 rings (SSSR count). The summed E-state index contributed by atoms with van der Waals surface area (Å²) in [5.41, 5.74) is 1.93. The van der Waals surface area contributed by atoms with Crippen LogP contribution in [0.15, 0.2) is 72.0 Å². The van der Waals surface area contributed by atoms with E-state index >= 15 is 0 Å². The first-order valence-electron chi connectivity index (χ1n) is 11.5. The van der Waals surface area contributed by atoms with Crippen LogP contribution in [0.1, 0.15) is 20.0 Å². The number of carbonyl (C=O) groups excluding carboxylic acids is 2. The van der Waals surface area contributed by atoms with Crippen LogP contribution < -0.4 is 9.62 Å². The number of nitrogens with one attached hydrogen (secondary N) is 2. The van der Waals surface area contributed by atoms with Crippen LogP contribution in [-0.2, 0) is 19.6 Å². The smallest absolute Gasteiger partial charge is 0.264 e. The molecule has 0 aliphatic carbocycles. The maximum atomic E-state index is 13.2. The van der Waals surface area contributed by atoms with E-state index in [1.54, 1.807) is 36.1 Å². The van der Waals surface area contributed by atoms with Gasteiger partial charge in [0.1, 0.15) is 12.6 Å². The number of piperazine rings is 1. The molecular formula is C25H25N7O4S. The van der Waals surface area contributed by atoms with E-state index in [1.165, 1.54) is 29.4 Å². The molecule has 2 N–H and O–H groups in total. The Bertz CT molecular complexity index is 1630. The number of imidazole rings is 1. The summed E-state index contributed by atoms with van der Waals surface area (Å²) in [7, 11) is -3.83. The lowest BCUT2D eigenvalue weighted by atomic mass is 10.1. The average Bonchev–Trinajstić information content (AvgIpc) is 3.57. The Morgan fingerprint density at radius 2 is 1.97 bits per heavy atom. The van der Waals surface area contributed by atoms with Crippen molar-refractivity contribution in [1.82, 2.24) is 19.4 Å². The Balaban J connectivity index is 0.00000336. The highest BCUT2D eigenvalue weighted by atomic mass is 32.2. The van der Waals surface area contributed by atoms with Crippen molar-refractivity contribution in [2.24, 2.45) is 0 Å². The number of amides is 2. The molecule has 0 spiro atoms. The lowest BCUT2D eigenvalue weighted by Crippen LogP contribution is -2.53. The zero-order valence-corrected chi connectivity index (χ0v) is 20.6. The standard InChI is InChI=1S/C25H23N7O4S.H2/c1-17(31-11-8-19-14-18(15-26)2-7-22(19)31)24(34)30-12-13-32(23(33)16-30)20-3-5-21(6-4-20)37(35,36)29-25-27-9-10-28-25;/h2-11,14,17H,12-13,16H2,1H3,(H2,27,28,29);1H. The third-order valence-electron chi connectivity index (χ3n) is 6.34. The zero-order chi connectivity index (χ0) is 26.2. The van der Waals surface area contributed by atoms with E-state index in [0.29, 0.717) is 17.8 Å². The van der Waals surface area contributed by atoms with Crippen LogP contribution >= 0.6 is 0 Å². The maximum Gasteiger partial charge on any atom is 0.264 e. The summed E-state index contributed by atoms with van der Waals surface area (Å²) in [4.78, 5) is 35.8. The number of aromatic amines is 1. The molecule has 37 heavy (non-hydrogen) atoms. The largest absolute Gasteiger partial charge is 0.335 e. The van der Waals surface area contributed by atoms with E-state index in [2.05, 4.69) is 20.8 Å². The minimum atomic E-state index is -3.83. The highest BCUT2D eigenvalue weighted by Crippen LogP contribution is 2.25. The molecule has 0 saturated carbocycles. The van der Waals surface area contributed by atoms with Gasteiger partial charge in [-0.25, -0.2) is 18.1 Å². The number of nitriles is 1. The highest BCUT2D eigenvalue weighted by molar-refractivity contribution is 7.92. The summed E-state index contributed by atoms with van der Waals surface area (Å²) in [5, 5.41) is 9.97. The number of carbonyl (C=O) groups is 2. The fraction of sp³-hybridized carbons (Fsp3) is 0.200. The summed E-state index contributed by atoms with van der Waals surface area (Å²) in [6.07, 6.45) is 4.75. The van der Waals surface area contributed by atoms with Crippen molar-refractivity contribution < 1.29 is 19.4 Å². The van der Waals surface area contributed by atoms with Crippen molar-refractivity contribution in [3.63, 3.8) is 0 Å². The van der Waals surface area contributed by atoms with Crippen LogP contribution in [0.2, 0.25) is 0 Å². The molecule has 1 aliphatic rings. The molecule has 2 aromatic heterocycles. The first-order valence-corrected chi connectivity index (χ1v) is 13.0. The quantitative estimate of drug-likeness (QED) is 0.401. The molecule has 3 heterocycles. The number of benzene rings is 2. The Morgan fingerprint density at radius 1 is 1.19 bits per heavy atom. The normalized spacial score (nSPS) is 15.0. The van der Waals surface area contributed by atoms with Gasteiger partial charge in [-0.15, -0.1) is 0 Å². The van der Waals surface area contributed by atoms with E-state index in [-0.39, 0.29) is 37.2 Å². The van der Waals surface area contributed by atoms with Crippen molar-refractivity contribution in [2.75, 3.05) is 29.3 Å². The number of sulfonamides is 1. The second-order valence-corrected chi connectivity index (χ2v) is 10.3. The summed E-state index contributed by atoms with van der Waals surface area (Å²) in [5.74, 6) is -0.332. The van der Waals surface area contributed by atoms with Crippen LogP contribution in [0, 0.1) is 11.3 Å². The van der Waals surface area contributed by atoms with E-state index in [9.17, 15) is 18.0 Å². The molecule has 1 saturated heterocycles. The molecule has 12 heteroatoms. The van der Waals surface area contributed by atoms with Gasteiger partial charge in [0.05, 0.1) is 16.5 Å². The zero-order valence-electron chi connectivity index (χ0n) is 19.8. The first kappa shape index (κ1) is 24.1. The van der Waals surface area contributed by atoms with Gasteiger partial charge < -0.3 is 19.4 Å². The molecule has 190 valence electrons. The number of rotatable bonds is 6. The van der Waals surface area contributed by atoms with E-state index in [4.69, 9.17) is 5.26 Å². The first-order chi connectivity index (χ1) is 17.8. The Labute approximate surface area is 214 Å². The van der Waals surface area contributed by atoms with Gasteiger partial charge in [0.25, 0.3) is 10.0 Å². The number of aromatic nitrogens is 3. The number of hydrogen-bond donors (Lipinski definition) is 2. The molecule has 2 aromatic carbocycles. The van der Waals surface area contributed by atoms with Crippen molar-refractivity contribution in [3.05, 3.63) is 72.7 Å². The minimum absolute atomic E-state index is 0. The van der Waals surface area contributed by atoms with Crippen LogP contribution in [0.5, 0.6) is 0 Å². The predicted molar refractivity (Wildman–Crippen MR) is 138 cm³/mol. The van der Waals surface area contributed by atoms with Gasteiger partial charge in [0, 0.05) is 49.7 Å². The monoisotopic (exact) mass is 519 g/mol. The summed E-state index contributed by atoms with van der Waals surface area (Å²) in [6.45, 7) is 2.33. The van der Waals surface area contributed by atoms with Crippen molar-refractivity contribution in [2.45, 2.75) is 17.9 Å².